The van der Waals surface area contributed by atoms with E-state index in [0.29, 0.717) is 0 Å². The van der Waals surface area contributed by atoms with Crippen molar-refractivity contribution in [1.29, 1.82) is 0 Å². The second-order valence-electron chi connectivity index (χ2n) is 6.31. The minimum absolute atomic E-state index is 0.138. The predicted molar refractivity (Wildman–Crippen MR) is 91.3 cm³/mol. The number of fused-ring (bicyclic) bond motifs is 1. The molecule has 1 aliphatic heterocycles. The highest BCUT2D eigenvalue weighted by Crippen LogP contribution is 2.35. The molecule has 0 saturated carbocycles. The Labute approximate surface area is 132 Å². The van der Waals surface area contributed by atoms with Gasteiger partial charge in [0, 0.05) is 6.54 Å². The van der Waals surface area contributed by atoms with Crippen LogP contribution in [0.2, 0.25) is 0 Å². The van der Waals surface area contributed by atoms with Crippen molar-refractivity contribution in [3.05, 3.63) is 60.2 Å². The molecule has 2 aromatic rings. The van der Waals surface area contributed by atoms with Crippen LogP contribution in [0.1, 0.15) is 25.8 Å². The lowest BCUT2D eigenvalue weighted by Crippen LogP contribution is -2.54. The summed E-state index contributed by atoms with van der Waals surface area (Å²) in [7, 11) is 0. The zero-order valence-corrected chi connectivity index (χ0v) is 13.2. The first-order valence-corrected chi connectivity index (χ1v) is 7.81. The number of nitrogens with zero attached hydrogens (tertiary/aromatic N) is 1. The maximum Gasteiger partial charge on any atom is 0.252 e. The number of carbonyl (C=O) groups is 1. The Morgan fingerprint density at radius 1 is 1.00 bits per heavy atom. The van der Waals surface area contributed by atoms with Crippen LogP contribution in [0.25, 0.3) is 0 Å². The van der Waals surface area contributed by atoms with Gasteiger partial charge in [-0.2, -0.15) is 0 Å². The first-order chi connectivity index (χ1) is 10.6. The molecule has 3 nitrogen and oxygen atoms in total. The van der Waals surface area contributed by atoms with Crippen molar-refractivity contribution in [2.75, 3.05) is 16.8 Å². The molecule has 1 amide bonds. The summed E-state index contributed by atoms with van der Waals surface area (Å²) in [4.78, 5) is 14.6. The van der Waals surface area contributed by atoms with Crippen molar-refractivity contribution in [3.8, 4) is 0 Å². The minimum Gasteiger partial charge on any atom is -0.370 e. The van der Waals surface area contributed by atoms with Gasteiger partial charge in [0.1, 0.15) is 5.54 Å². The molecular formula is C19H22N2O. The van der Waals surface area contributed by atoms with Crippen LogP contribution < -0.4 is 10.2 Å². The predicted octanol–water partition coefficient (Wildman–Crippen LogP) is 3.86. The molecule has 0 atom stereocenters. The number of para-hydroxylation sites is 2. The number of nitrogens with one attached hydrogen (secondary N) is 1. The summed E-state index contributed by atoms with van der Waals surface area (Å²) in [6, 6.07) is 18.5. The van der Waals surface area contributed by atoms with Crippen LogP contribution in [0.3, 0.4) is 0 Å². The maximum absolute atomic E-state index is 12.7. The molecule has 1 heterocycles. The topological polar surface area (TPSA) is 32.3 Å². The molecule has 0 saturated heterocycles. The van der Waals surface area contributed by atoms with Crippen molar-refractivity contribution < 1.29 is 4.79 Å². The van der Waals surface area contributed by atoms with Gasteiger partial charge < -0.3 is 10.2 Å². The molecule has 0 aliphatic carbocycles. The van der Waals surface area contributed by atoms with E-state index in [-0.39, 0.29) is 5.91 Å². The van der Waals surface area contributed by atoms with Gasteiger partial charge in [-0.1, -0.05) is 42.5 Å². The van der Waals surface area contributed by atoms with Crippen molar-refractivity contribution in [3.63, 3.8) is 0 Å². The van der Waals surface area contributed by atoms with Crippen LogP contribution in [-0.4, -0.2) is 18.0 Å². The quantitative estimate of drug-likeness (QED) is 0.928. The van der Waals surface area contributed by atoms with Gasteiger partial charge in [-0.15, -0.1) is 0 Å². The third-order valence-electron chi connectivity index (χ3n) is 4.11. The summed E-state index contributed by atoms with van der Waals surface area (Å²) in [6.07, 6.45) is 1.95. The summed E-state index contributed by atoms with van der Waals surface area (Å²) in [5.41, 5.74) is 2.78. The van der Waals surface area contributed by atoms with Crippen LogP contribution >= 0.6 is 0 Å². The van der Waals surface area contributed by atoms with E-state index < -0.39 is 5.54 Å². The van der Waals surface area contributed by atoms with Gasteiger partial charge in [0.2, 0.25) is 0 Å². The number of benzene rings is 2. The number of carbonyl (C=O) groups excluding carboxylic acids is 1. The fraction of sp³-hybridized carbons (Fsp3) is 0.316. The summed E-state index contributed by atoms with van der Waals surface area (Å²) >= 11 is 0. The lowest BCUT2D eigenvalue weighted by Gasteiger charge is -2.40. The summed E-state index contributed by atoms with van der Waals surface area (Å²) in [5.74, 6) is 0.138. The lowest BCUT2D eigenvalue weighted by atomic mass is 9.97. The minimum atomic E-state index is -0.554. The number of aryl methyl sites for hydroxylation is 1. The van der Waals surface area contributed by atoms with Crippen LogP contribution in [0.15, 0.2) is 54.6 Å². The van der Waals surface area contributed by atoms with E-state index in [4.69, 9.17) is 0 Å². The van der Waals surface area contributed by atoms with E-state index in [1.165, 1.54) is 5.56 Å². The zero-order chi connectivity index (χ0) is 15.6. The van der Waals surface area contributed by atoms with Crippen molar-refractivity contribution in [2.45, 2.75) is 32.2 Å². The van der Waals surface area contributed by atoms with Crippen molar-refractivity contribution in [2.24, 2.45) is 0 Å². The Kier molecular flexibility index (Phi) is 3.88. The molecule has 1 N–H and O–H groups in total. The molecule has 3 heteroatoms. The standard InChI is InChI=1S/C19H22N2O/c1-19(2)18(22)21(17-13-7-6-12-16(17)20-19)14-8-11-15-9-4-3-5-10-15/h3-7,9-10,12-13,20H,8,11,14H2,1-2H3. The molecule has 2 aromatic carbocycles. The molecule has 0 radical (unpaired) electrons. The van der Waals surface area contributed by atoms with E-state index in [1.807, 2.05) is 49.1 Å². The van der Waals surface area contributed by atoms with E-state index in [1.54, 1.807) is 0 Å². The second kappa shape index (κ2) is 5.84. The molecule has 1 aliphatic rings. The van der Waals surface area contributed by atoms with Crippen LogP contribution in [-0.2, 0) is 11.2 Å². The van der Waals surface area contributed by atoms with Gasteiger partial charge in [0.25, 0.3) is 5.91 Å². The van der Waals surface area contributed by atoms with Crippen LogP contribution in [0.4, 0.5) is 11.4 Å². The number of hydrogen-bond donors (Lipinski definition) is 1. The first-order valence-electron chi connectivity index (χ1n) is 7.81. The van der Waals surface area contributed by atoms with E-state index >= 15 is 0 Å². The Morgan fingerprint density at radius 2 is 1.68 bits per heavy atom. The molecule has 0 fully saturated rings. The van der Waals surface area contributed by atoms with Crippen molar-refractivity contribution in [1.82, 2.24) is 0 Å². The van der Waals surface area contributed by atoms with Gasteiger partial charge in [-0.05, 0) is 44.4 Å². The molecule has 22 heavy (non-hydrogen) atoms. The lowest BCUT2D eigenvalue weighted by molar-refractivity contribution is -0.122. The maximum atomic E-state index is 12.7. The largest absolute Gasteiger partial charge is 0.370 e. The SMILES string of the molecule is CC1(C)Nc2ccccc2N(CCCc2ccccc2)C1=O. The summed E-state index contributed by atoms with van der Waals surface area (Å²) in [5, 5.41) is 3.33. The number of rotatable bonds is 4. The van der Waals surface area contributed by atoms with Gasteiger partial charge in [-0.3, -0.25) is 4.79 Å². The molecule has 114 valence electrons. The summed E-state index contributed by atoms with van der Waals surface area (Å²) in [6.45, 7) is 4.63. The number of hydrogen-bond acceptors (Lipinski definition) is 2. The van der Waals surface area contributed by atoms with Crippen molar-refractivity contribution >= 4 is 17.3 Å². The zero-order valence-electron chi connectivity index (χ0n) is 13.2. The Hall–Kier alpha value is -2.29. The molecule has 0 unspecified atom stereocenters. The van der Waals surface area contributed by atoms with Crippen LogP contribution in [0.5, 0.6) is 0 Å². The fourth-order valence-electron chi connectivity index (χ4n) is 2.96. The number of amides is 1. The average Bonchev–Trinajstić information content (AvgIpc) is 2.52. The van der Waals surface area contributed by atoms with Gasteiger partial charge in [0.15, 0.2) is 0 Å². The van der Waals surface area contributed by atoms with Gasteiger partial charge >= 0.3 is 0 Å². The first kappa shape index (κ1) is 14.6. The highest BCUT2D eigenvalue weighted by molar-refractivity contribution is 6.07. The molecule has 3 rings (SSSR count). The average molecular weight is 294 g/mol. The Balaban J connectivity index is 1.75. The normalized spacial score (nSPS) is 16.1. The van der Waals surface area contributed by atoms with Gasteiger partial charge in [0.05, 0.1) is 11.4 Å². The molecule has 0 spiro atoms. The second-order valence-corrected chi connectivity index (χ2v) is 6.31. The Morgan fingerprint density at radius 3 is 2.45 bits per heavy atom. The molecule has 0 aromatic heterocycles. The highest BCUT2D eigenvalue weighted by Gasteiger charge is 2.37. The van der Waals surface area contributed by atoms with E-state index in [2.05, 4.69) is 29.6 Å². The Bertz CT molecular complexity index is 664. The van der Waals surface area contributed by atoms with E-state index in [9.17, 15) is 4.79 Å². The number of anilines is 2. The molecule has 0 bridgehead atoms. The monoisotopic (exact) mass is 294 g/mol. The summed E-state index contributed by atoms with van der Waals surface area (Å²) < 4.78 is 0. The third kappa shape index (κ3) is 2.84. The fourth-order valence-corrected chi connectivity index (χ4v) is 2.96. The smallest absolute Gasteiger partial charge is 0.252 e. The molecular weight excluding hydrogens is 272 g/mol. The highest BCUT2D eigenvalue weighted by atomic mass is 16.2. The van der Waals surface area contributed by atoms with Crippen LogP contribution in [0, 0.1) is 0 Å². The van der Waals surface area contributed by atoms with E-state index in [0.717, 1.165) is 30.8 Å². The van der Waals surface area contributed by atoms with Gasteiger partial charge in [-0.25, -0.2) is 0 Å². The third-order valence-corrected chi connectivity index (χ3v) is 4.11.